The number of imidazole rings is 2. The largest absolute Gasteiger partial charge is 0.508 e. The second-order valence-corrected chi connectivity index (χ2v) is 11.2. The van der Waals surface area contributed by atoms with Crippen molar-refractivity contribution in [3.05, 3.63) is 29.6 Å². The Hall–Kier alpha value is -1.50. The Bertz CT molecular complexity index is 1040. The van der Waals surface area contributed by atoms with E-state index in [4.69, 9.17) is 1.28 Å². The van der Waals surface area contributed by atoms with Crippen molar-refractivity contribution >= 4 is 59.2 Å². The van der Waals surface area contributed by atoms with Gasteiger partial charge in [0.1, 0.15) is 23.1 Å². The Morgan fingerprint density at radius 3 is 2.40 bits per heavy atom. The monoisotopic (exact) mass is 488 g/mol. The van der Waals surface area contributed by atoms with E-state index in [1.54, 1.807) is 6.92 Å². The van der Waals surface area contributed by atoms with E-state index in [-0.39, 0.29) is 11.5 Å². The van der Waals surface area contributed by atoms with E-state index < -0.39 is 5.86 Å². The molecule has 7 nitrogen and oxygen atoms in total. The molecule has 0 aliphatic rings. The van der Waals surface area contributed by atoms with Crippen LogP contribution in [0.2, 0.25) is 0 Å². The first-order chi connectivity index (χ1) is 12.2. The van der Waals surface area contributed by atoms with Crippen LogP contribution in [0.25, 0.3) is 33.7 Å². The highest BCUT2D eigenvalue weighted by molar-refractivity contribution is 14.2. The lowest BCUT2D eigenvalue weighted by molar-refractivity contribution is 0.458. The summed E-state index contributed by atoms with van der Waals surface area (Å²) in [5.74, 6) is 0.901. The van der Waals surface area contributed by atoms with E-state index >= 15 is 0 Å². The molecule has 25 heavy (non-hydrogen) atoms. The smallest absolute Gasteiger partial charge is 0.180 e. The van der Waals surface area contributed by atoms with Gasteiger partial charge in [-0.25, -0.2) is 15.0 Å². The zero-order valence-electron chi connectivity index (χ0n) is 14.4. The Labute approximate surface area is 161 Å². The van der Waals surface area contributed by atoms with E-state index in [1.807, 2.05) is 35.0 Å². The summed E-state index contributed by atoms with van der Waals surface area (Å²) in [6, 6.07) is 4.86. The van der Waals surface area contributed by atoms with Gasteiger partial charge in [0.05, 0.1) is 17.9 Å². The summed E-state index contributed by atoms with van der Waals surface area (Å²) in [4.78, 5) is 19.3. The lowest BCUT2D eigenvalue weighted by atomic mass is 10.1. The minimum Gasteiger partial charge on any atom is -0.508 e. The van der Waals surface area contributed by atoms with Gasteiger partial charge in [0.25, 0.3) is 0 Å². The number of aromatic amines is 2. The first kappa shape index (κ1) is 16.9. The van der Waals surface area contributed by atoms with E-state index in [1.165, 1.54) is 12.1 Å². The first-order valence-electron chi connectivity index (χ1n) is 7.65. The van der Waals surface area contributed by atoms with Crippen LogP contribution in [0.4, 0.5) is 0 Å². The highest BCUT2D eigenvalue weighted by Crippen LogP contribution is 2.34. The van der Waals surface area contributed by atoms with E-state index in [2.05, 4.69) is 33.8 Å². The molecule has 0 bridgehead atoms. The van der Waals surface area contributed by atoms with Gasteiger partial charge in [-0.3, -0.25) is 0 Å². The quantitative estimate of drug-likeness (QED) is 0.181. The maximum absolute atomic E-state index is 10.1. The molecule has 2 atom stereocenters. The SMILES string of the molecule is Cc1nc2nc3nc(-c4cc(O)c(C)cc4O)[nH]c3cc2[nH]1.[2H]P(P)I. The van der Waals surface area contributed by atoms with Gasteiger partial charge in [-0.15, -0.1) is 8.93 Å². The van der Waals surface area contributed by atoms with Gasteiger partial charge in [0, 0.05) is 0 Å². The summed E-state index contributed by atoms with van der Waals surface area (Å²) < 4.78 is 6.60. The fraction of sp³-hybridized carbons (Fsp3) is 0.133. The Morgan fingerprint density at radius 2 is 1.68 bits per heavy atom. The average molecular weight is 488 g/mol. The predicted octanol–water partition coefficient (Wildman–Crippen LogP) is 4.33. The summed E-state index contributed by atoms with van der Waals surface area (Å²) in [6.07, 6.45) is 0. The molecule has 0 aliphatic carbocycles. The van der Waals surface area contributed by atoms with Crippen molar-refractivity contribution < 1.29 is 10.2 Å². The van der Waals surface area contributed by atoms with Gasteiger partial charge >= 0.3 is 0 Å². The van der Waals surface area contributed by atoms with E-state index in [0.717, 1.165) is 16.9 Å². The number of aryl methyl sites for hydroxylation is 2. The van der Waals surface area contributed by atoms with E-state index in [9.17, 15) is 10.2 Å². The van der Waals surface area contributed by atoms with Crippen molar-refractivity contribution in [2.75, 3.05) is 0 Å². The molecule has 3 aromatic heterocycles. The van der Waals surface area contributed by atoms with Gasteiger partial charge in [0.2, 0.25) is 0 Å². The highest BCUT2D eigenvalue weighted by atomic mass is 127. The lowest BCUT2D eigenvalue weighted by Crippen LogP contribution is -1.84. The molecule has 0 saturated heterocycles. The van der Waals surface area contributed by atoms with Crippen LogP contribution in [-0.4, -0.2) is 36.4 Å². The second-order valence-electron chi connectivity index (χ2n) is 5.39. The Kier molecular flexibility index (Phi) is 5.01. The summed E-state index contributed by atoms with van der Waals surface area (Å²) in [5.41, 5.74) is 3.67. The fourth-order valence-electron chi connectivity index (χ4n) is 2.49. The molecule has 1 aromatic carbocycles. The first-order valence-corrected chi connectivity index (χ1v) is 12.5. The topological polar surface area (TPSA) is 111 Å². The van der Waals surface area contributed by atoms with E-state index in [0.29, 0.717) is 28.2 Å². The minimum atomic E-state index is -0.484. The minimum absolute atomic E-state index is 0.0499. The van der Waals surface area contributed by atoms with Crippen LogP contribution in [0.3, 0.4) is 0 Å². The number of nitrogens with zero attached hydrogens (tertiary/aromatic N) is 3. The lowest BCUT2D eigenvalue weighted by Gasteiger charge is -2.04. The van der Waals surface area contributed by atoms with Gasteiger partial charge in [0.15, 0.2) is 11.3 Å². The zero-order chi connectivity index (χ0) is 19.0. The molecule has 4 rings (SSSR count). The van der Waals surface area contributed by atoms with Crippen molar-refractivity contribution in [1.82, 2.24) is 24.9 Å². The van der Waals surface area contributed by atoms with Crippen LogP contribution in [-0.2, 0) is 0 Å². The molecule has 0 spiro atoms. The van der Waals surface area contributed by atoms with Crippen molar-refractivity contribution in [1.29, 1.82) is 1.28 Å². The van der Waals surface area contributed by atoms with Gasteiger partial charge in [-0.2, -0.15) is 0 Å². The second kappa shape index (κ2) is 7.40. The number of phenols is 2. The fourth-order valence-corrected chi connectivity index (χ4v) is 2.49. The molecule has 130 valence electrons. The molecular weight excluding hydrogens is 471 g/mol. The number of fused-ring (bicyclic) bond motifs is 2. The molecule has 4 aromatic rings. The van der Waals surface area contributed by atoms with Crippen molar-refractivity contribution in [3.63, 3.8) is 0 Å². The summed E-state index contributed by atoms with van der Waals surface area (Å²) in [7, 11) is 2.38. The van der Waals surface area contributed by atoms with Crippen LogP contribution in [0.1, 0.15) is 11.4 Å². The number of rotatable bonds is 1. The van der Waals surface area contributed by atoms with Crippen LogP contribution < -0.4 is 0 Å². The van der Waals surface area contributed by atoms with Crippen LogP contribution in [0, 0.1) is 13.8 Å². The molecule has 10 heteroatoms. The molecule has 3 heterocycles. The molecule has 0 aliphatic heterocycles. The Morgan fingerprint density at radius 1 is 1.04 bits per heavy atom. The third kappa shape index (κ3) is 3.71. The van der Waals surface area contributed by atoms with Crippen LogP contribution in [0.15, 0.2) is 18.2 Å². The third-order valence-corrected chi connectivity index (χ3v) is 3.61. The molecule has 0 fully saturated rings. The Balaban J connectivity index is 0.000000447. The maximum Gasteiger partial charge on any atom is 0.180 e. The third-order valence-electron chi connectivity index (χ3n) is 3.61. The highest BCUT2D eigenvalue weighted by Gasteiger charge is 2.14. The molecule has 0 saturated carbocycles. The van der Waals surface area contributed by atoms with Gasteiger partial charge in [-0.1, -0.05) is 22.0 Å². The number of nitrogens with one attached hydrogen (secondary N) is 2. The number of H-pyrrole nitrogens is 2. The number of hydrogen-bond donors (Lipinski definition) is 4. The molecule has 0 amide bonds. The summed E-state index contributed by atoms with van der Waals surface area (Å²) >= 11 is 2.04. The average Bonchev–Trinajstić information content (AvgIpc) is 3.08. The number of halogens is 1. The summed E-state index contributed by atoms with van der Waals surface area (Å²) in [6.45, 7) is 3.58. The van der Waals surface area contributed by atoms with Crippen LogP contribution >= 0.6 is 36.8 Å². The zero-order valence-corrected chi connectivity index (χ0v) is 17.6. The standard InChI is InChI=1S/C15H13N5O2.H3IP2/c1-6-3-12(22)8(4-11(6)21)13-18-10-5-9-14(17-7(2)16-9)20-15(10)19-13;1-3-2/h3-5,21-22H,1-2H3,(H2,16,17,18,19,20);3H,2H2/i;3D. The number of benzene rings is 1. The molecule has 2 unspecified atom stereocenters. The van der Waals surface area contributed by atoms with Gasteiger partial charge in [-0.05, 0) is 43.5 Å². The number of aromatic nitrogens is 5. The summed E-state index contributed by atoms with van der Waals surface area (Å²) in [5, 5.41) is 19.9. The molecular formula is C15H16IN5O2P2. The van der Waals surface area contributed by atoms with Crippen molar-refractivity contribution in [3.8, 4) is 22.9 Å². The predicted molar refractivity (Wildman–Crippen MR) is 114 cm³/mol. The van der Waals surface area contributed by atoms with Gasteiger partial charge < -0.3 is 20.2 Å². The van der Waals surface area contributed by atoms with Crippen molar-refractivity contribution in [2.24, 2.45) is 0 Å². The maximum atomic E-state index is 10.1. The number of phenolic OH excluding ortho intramolecular Hbond substituents is 2. The molecule has 4 N–H and O–H groups in total. The number of aromatic hydroxyl groups is 2. The van der Waals surface area contributed by atoms with Crippen LogP contribution in [0.5, 0.6) is 11.5 Å². The number of hydrogen-bond acceptors (Lipinski definition) is 5. The number of pyridine rings is 1. The van der Waals surface area contributed by atoms with Crippen molar-refractivity contribution in [2.45, 2.75) is 13.8 Å². The molecule has 0 radical (unpaired) electrons. The normalized spacial score (nSPS) is 12.7.